The maximum Gasteiger partial charge on any atom is 0.268 e. The molecule has 9 heteroatoms. The first-order chi connectivity index (χ1) is 15.4. The molecule has 1 aliphatic rings. The van der Waals surface area contributed by atoms with Crippen molar-refractivity contribution in [2.24, 2.45) is 10.7 Å². The summed E-state index contributed by atoms with van der Waals surface area (Å²) in [6.45, 7) is 3.28. The number of hydrogen-bond donors (Lipinski definition) is 3. The third kappa shape index (κ3) is 5.89. The van der Waals surface area contributed by atoms with Gasteiger partial charge in [0.25, 0.3) is 5.91 Å². The largest absolute Gasteiger partial charge is 0.426 e. The van der Waals surface area contributed by atoms with Crippen molar-refractivity contribution >= 4 is 40.9 Å². The summed E-state index contributed by atoms with van der Waals surface area (Å²) in [7, 11) is 2.08. The van der Waals surface area contributed by atoms with E-state index in [4.69, 9.17) is 21.3 Å². The smallest absolute Gasteiger partial charge is 0.268 e. The molecule has 1 aromatic carbocycles. The second-order valence-corrected chi connectivity index (χ2v) is 8.52. The predicted octanol–water partition coefficient (Wildman–Crippen LogP) is 3.83. The van der Waals surface area contributed by atoms with Crippen molar-refractivity contribution in [2.75, 3.05) is 20.1 Å². The van der Waals surface area contributed by atoms with Gasteiger partial charge in [0.2, 0.25) is 5.90 Å². The first-order valence-electron chi connectivity index (χ1n) is 10.3. The number of carbonyl (C=O) groups is 1. The average Bonchev–Trinajstić information content (AvgIpc) is 3.32. The highest BCUT2D eigenvalue weighted by molar-refractivity contribution is 7.12. The van der Waals surface area contributed by atoms with E-state index in [-0.39, 0.29) is 23.7 Å². The third-order valence-electron chi connectivity index (χ3n) is 5.16. The van der Waals surface area contributed by atoms with E-state index in [2.05, 4.69) is 16.9 Å². The van der Waals surface area contributed by atoms with Crippen molar-refractivity contribution in [3.05, 3.63) is 64.1 Å². The Morgan fingerprint density at radius 1 is 1.28 bits per heavy atom. The van der Waals surface area contributed by atoms with Crippen LogP contribution in [0.1, 0.15) is 35.0 Å². The molecule has 3 rings (SSSR count). The molecule has 8 nitrogen and oxygen atoms in total. The molecule has 2 heterocycles. The molecular formula is C23H28N6O2S. The summed E-state index contributed by atoms with van der Waals surface area (Å²) in [5.41, 5.74) is 7.59. The Kier molecular flexibility index (Phi) is 7.91. The number of nitrogens with two attached hydrogens (primary N) is 1. The van der Waals surface area contributed by atoms with Crippen LogP contribution in [-0.2, 0) is 4.74 Å². The second-order valence-electron chi connectivity index (χ2n) is 7.57. The molecule has 0 unspecified atom stereocenters. The second kappa shape index (κ2) is 10.8. The number of aliphatic imine (C=N–C) groups is 1. The summed E-state index contributed by atoms with van der Waals surface area (Å²) in [4.78, 5) is 22.5. The Labute approximate surface area is 192 Å². The van der Waals surface area contributed by atoms with Crippen LogP contribution >= 0.6 is 11.3 Å². The normalized spacial score (nSPS) is 15.6. The molecule has 0 saturated carbocycles. The van der Waals surface area contributed by atoms with Gasteiger partial charge in [-0.15, -0.1) is 11.3 Å². The predicted molar refractivity (Wildman–Crippen MR) is 129 cm³/mol. The van der Waals surface area contributed by atoms with Gasteiger partial charge in [-0.1, -0.05) is 12.1 Å². The number of rotatable bonds is 6. The van der Waals surface area contributed by atoms with Crippen molar-refractivity contribution in [3.8, 4) is 0 Å². The minimum Gasteiger partial charge on any atom is -0.426 e. The summed E-state index contributed by atoms with van der Waals surface area (Å²) in [5, 5.41) is 17.2. The molecule has 32 heavy (non-hydrogen) atoms. The van der Waals surface area contributed by atoms with Gasteiger partial charge >= 0.3 is 0 Å². The highest BCUT2D eigenvalue weighted by Gasteiger charge is 2.30. The summed E-state index contributed by atoms with van der Waals surface area (Å²) < 4.78 is 5.06. The van der Waals surface area contributed by atoms with E-state index in [9.17, 15) is 4.79 Å². The van der Waals surface area contributed by atoms with Crippen LogP contribution in [0, 0.1) is 10.8 Å². The van der Waals surface area contributed by atoms with Crippen LogP contribution in [-0.4, -0.2) is 59.9 Å². The lowest BCUT2D eigenvalue weighted by Gasteiger charge is -2.37. The van der Waals surface area contributed by atoms with Gasteiger partial charge in [0.05, 0.1) is 22.5 Å². The maximum atomic E-state index is 13.3. The zero-order valence-corrected chi connectivity index (χ0v) is 19.1. The Balaban J connectivity index is 1.86. The highest BCUT2D eigenvalue weighted by Crippen LogP contribution is 2.24. The summed E-state index contributed by atoms with van der Waals surface area (Å²) in [6.07, 6.45) is 4.72. The van der Waals surface area contributed by atoms with E-state index < -0.39 is 0 Å². The van der Waals surface area contributed by atoms with Gasteiger partial charge in [-0.25, -0.2) is 0 Å². The number of likely N-dealkylation sites (tertiary alicyclic amines) is 1. The van der Waals surface area contributed by atoms with Crippen molar-refractivity contribution in [1.29, 1.82) is 10.8 Å². The van der Waals surface area contributed by atoms with Gasteiger partial charge in [0.1, 0.15) is 0 Å². The topological polar surface area (TPSA) is 119 Å². The average molecular weight is 453 g/mol. The van der Waals surface area contributed by atoms with Crippen LogP contribution in [0.4, 0.5) is 5.69 Å². The van der Waals surface area contributed by atoms with Crippen LogP contribution < -0.4 is 5.73 Å². The summed E-state index contributed by atoms with van der Waals surface area (Å²) in [6, 6.07) is 10.7. The minimum atomic E-state index is -0.120. The van der Waals surface area contributed by atoms with Crippen LogP contribution in [0.15, 0.2) is 58.7 Å². The van der Waals surface area contributed by atoms with Crippen molar-refractivity contribution in [1.82, 2.24) is 9.80 Å². The van der Waals surface area contributed by atoms with Crippen molar-refractivity contribution in [3.63, 3.8) is 0 Å². The van der Waals surface area contributed by atoms with Crippen molar-refractivity contribution < 1.29 is 9.53 Å². The highest BCUT2D eigenvalue weighted by atomic mass is 32.1. The Bertz CT molecular complexity index is 1020. The van der Waals surface area contributed by atoms with E-state index in [1.54, 1.807) is 35.4 Å². The number of nitrogens with one attached hydrogen (secondary N) is 2. The van der Waals surface area contributed by atoms with Crippen LogP contribution in [0.2, 0.25) is 0 Å². The Hall–Kier alpha value is -3.30. The van der Waals surface area contributed by atoms with Gasteiger partial charge in [0, 0.05) is 24.7 Å². The number of hydrogen-bond acceptors (Lipinski definition) is 8. The van der Waals surface area contributed by atoms with Crippen LogP contribution in [0.3, 0.4) is 0 Å². The number of allylic oxidation sites excluding steroid dienone is 1. The number of benzene rings is 1. The fourth-order valence-electron chi connectivity index (χ4n) is 3.53. The number of ether oxygens (including phenoxy) is 1. The van der Waals surface area contributed by atoms with E-state index >= 15 is 0 Å². The maximum absolute atomic E-state index is 13.3. The first-order valence-corrected chi connectivity index (χ1v) is 11.2. The molecule has 0 atom stereocenters. The molecule has 1 saturated heterocycles. The molecular weight excluding hydrogens is 424 g/mol. The van der Waals surface area contributed by atoms with Gasteiger partial charge in [-0.05, 0) is 62.6 Å². The fraction of sp³-hybridized carbons (Fsp3) is 0.304. The van der Waals surface area contributed by atoms with Gasteiger partial charge < -0.3 is 20.3 Å². The fourth-order valence-corrected chi connectivity index (χ4v) is 4.19. The molecule has 1 amide bonds. The lowest BCUT2D eigenvalue weighted by Crippen LogP contribution is -2.46. The van der Waals surface area contributed by atoms with Gasteiger partial charge in [0.15, 0.2) is 5.90 Å². The molecule has 2 aromatic rings. The van der Waals surface area contributed by atoms with Crippen LogP contribution in [0.25, 0.3) is 0 Å². The minimum absolute atomic E-state index is 0.0329. The number of piperidine rings is 1. The quantitative estimate of drug-likeness (QED) is 0.456. The molecule has 1 fully saturated rings. The SMILES string of the molecule is CC(=N)OC(=N)c1cccc(N=CC(=CN)N(C(=O)c2cccs2)C2CCN(C)CC2)c1. The lowest BCUT2D eigenvalue weighted by atomic mass is 10.0. The molecule has 0 spiro atoms. The Morgan fingerprint density at radius 2 is 2.03 bits per heavy atom. The lowest BCUT2D eigenvalue weighted by molar-refractivity contribution is 0.0697. The van der Waals surface area contributed by atoms with E-state index in [0.717, 1.165) is 25.9 Å². The number of thiophene rings is 1. The summed E-state index contributed by atoms with van der Waals surface area (Å²) in [5.74, 6) is -0.258. The standard InChI is InChI=1S/C23H28N6O2S/c1-16(25)31-22(26)17-5-3-6-18(13-17)27-15-20(14-24)29(19-8-10-28(2)11-9-19)23(30)21-7-4-12-32-21/h3-7,12-15,19,25-26H,8-11,24H2,1-2H3. The zero-order valence-electron chi connectivity index (χ0n) is 18.2. The van der Waals surface area contributed by atoms with E-state index in [1.165, 1.54) is 24.5 Å². The third-order valence-corrected chi connectivity index (χ3v) is 6.02. The van der Waals surface area contributed by atoms with Gasteiger partial charge in [-0.2, -0.15) is 0 Å². The molecule has 168 valence electrons. The number of carbonyl (C=O) groups excluding carboxylic acids is 1. The van der Waals surface area contributed by atoms with Gasteiger partial charge in [-0.3, -0.25) is 20.6 Å². The van der Waals surface area contributed by atoms with Crippen molar-refractivity contribution in [2.45, 2.75) is 25.8 Å². The molecule has 0 radical (unpaired) electrons. The molecule has 4 N–H and O–H groups in total. The monoisotopic (exact) mass is 452 g/mol. The summed E-state index contributed by atoms with van der Waals surface area (Å²) >= 11 is 1.41. The van der Waals surface area contributed by atoms with E-state index in [1.807, 2.05) is 17.5 Å². The molecule has 1 aromatic heterocycles. The molecule has 0 aliphatic carbocycles. The van der Waals surface area contributed by atoms with E-state index in [0.29, 0.717) is 21.8 Å². The molecule has 1 aliphatic heterocycles. The number of amides is 1. The first kappa shape index (κ1) is 23.4. The number of nitrogens with zero attached hydrogens (tertiary/aromatic N) is 3. The Morgan fingerprint density at radius 3 is 2.66 bits per heavy atom. The zero-order chi connectivity index (χ0) is 23.1. The molecule has 0 bridgehead atoms. The van der Waals surface area contributed by atoms with Crippen LogP contribution in [0.5, 0.6) is 0 Å².